The van der Waals surface area contributed by atoms with E-state index in [1.165, 1.54) is 35.1 Å². The Hall–Kier alpha value is -2.69. The lowest BCUT2D eigenvalue weighted by molar-refractivity contribution is -0.154. The maximum absolute atomic E-state index is 12.1. The van der Waals surface area contributed by atoms with E-state index in [1.54, 1.807) is 12.2 Å². The van der Waals surface area contributed by atoms with Crippen LogP contribution in [0.2, 0.25) is 0 Å². The van der Waals surface area contributed by atoms with E-state index < -0.39 is 11.6 Å². The molecule has 4 heteroatoms. The van der Waals surface area contributed by atoms with E-state index in [4.69, 9.17) is 4.74 Å². The predicted molar refractivity (Wildman–Crippen MR) is 157 cm³/mol. The molecule has 4 nitrogen and oxygen atoms in total. The first-order valence-electron chi connectivity index (χ1n) is 14.3. The second kappa shape index (κ2) is 11.6. The Morgan fingerprint density at radius 3 is 2.26 bits per heavy atom. The van der Waals surface area contributed by atoms with Gasteiger partial charge in [0.15, 0.2) is 0 Å². The minimum absolute atomic E-state index is 0.00902. The summed E-state index contributed by atoms with van der Waals surface area (Å²) >= 11 is 0. The fourth-order valence-corrected chi connectivity index (χ4v) is 5.69. The highest BCUT2D eigenvalue weighted by atomic mass is 16.5. The number of allylic oxidation sites excluding steroid dienone is 2. The number of nitrogens with one attached hydrogen (secondary N) is 1. The van der Waals surface area contributed by atoms with E-state index in [2.05, 4.69) is 82.4 Å². The summed E-state index contributed by atoms with van der Waals surface area (Å²) < 4.78 is 5.89. The Balaban J connectivity index is 1.48. The Kier molecular flexibility index (Phi) is 8.64. The molecule has 0 radical (unpaired) electrons. The minimum atomic E-state index is -1.39. The van der Waals surface area contributed by atoms with Crippen LogP contribution < -0.4 is 5.32 Å². The van der Waals surface area contributed by atoms with Gasteiger partial charge < -0.3 is 15.2 Å². The van der Waals surface area contributed by atoms with E-state index in [1.807, 2.05) is 12.2 Å². The molecule has 2 aromatic carbocycles. The van der Waals surface area contributed by atoms with Crippen LogP contribution in [-0.2, 0) is 20.4 Å². The van der Waals surface area contributed by atoms with Gasteiger partial charge >= 0.3 is 5.97 Å². The quantitative estimate of drug-likeness (QED) is 0.240. The topological polar surface area (TPSA) is 58.6 Å². The van der Waals surface area contributed by atoms with Crippen molar-refractivity contribution in [2.75, 3.05) is 19.7 Å². The van der Waals surface area contributed by atoms with Crippen molar-refractivity contribution in [3.63, 3.8) is 0 Å². The molecular weight excluding hydrogens is 470 g/mol. The Morgan fingerprint density at radius 2 is 1.58 bits per heavy atom. The molecule has 0 aliphatic heterocycles. The third kappa shape index (κ3) is 6.13. The van der Waals surface area contributed by atoms with Crippen LogP contribution in [0.1, 0.15) is 89.3 Å². The molecule has 38 heavy (non-hydrogen) atoms. The molecule has 2 aromatic rings. The van der Waals surface area contributed by atoms with Gasteiger partial charge in [-0.2, -0.15) is 0 Å². The summed E-state index contributed by atoms with van der Waals surface area (Å²) in [4.78, 5) is 12.1. The first kappa shape index (κ1) is 28.3. The van der Waals surface area contributed by atoms with Gasteiger partial charge in [0.1, 0.15) is 0 Å². The minimum Gasteiger partial charge on any atom is -0.479 e. The standard InChI is InChI=1S/C34H45NO3/c1-6-7-20-35-21-9-22-38-34(31(36)37)16-14-25(15-17-34)26-10-8-11-27(23-26)28-12-13-29-30(24-28)33(4,5)19-18-32(29,2)3/h8,10-17,23-25,35H,6-7,9,18-22H2,1-5H3,(H,36,37). The second-order valence-electron chi connectivity index (χ2n) is 12.3. The van der Waals surface area contributed by atoms with Gasteiger partial charge in [0.05, 0.1) is 6.61 Å². The molecule has 0 amide bonds. The van der Waals surface area contributed by atoms with E-state index in [0.717, 1.165) is 37.9 Å². The number of aliphatic carboxylic acids is 1. The molecule has 0 atom stereocenters. The first-order valence-corrected chi connectivity index (χ1v) is 14.3. The number of hydrogen-bond donors (Lipinski definition) is 2. The Bertz CT molecular complexity index is 1180. The number of carbonyl (C=O) groups is 1. The number of benzene rings is 2. The van der Waals surface area contributed by atoms with Crippen molar-refractivity contribution in [3.8, 4) is 11.1 Å². The normalized spacial score (nSPS) is 23.2. The van der Waals surface area contributed by atoms with Gasteiger partial charge in [-0.3, -0.25) is 0 Å². The molecule has 0 saturated heterocycles. The fourth-order valence-electron chi connectivity index (χ4n) is 5.69. The maximum Gasteiger partial charge on any atom is 0.344 e. The summed E-state index contributed by atoms with van der Waals surface area (Å²) in [6, 6.07) is 15.6. The molecule has 0 aromatic heterocycles. The molecule has 0 unspecified atom stereocenters. The third-order valence-corrected chi connectivity index (χ3v) is 8.44. The molecule has 0 bridgehead atoms. The van der Waals surface area contributed by atoms with Gasteiger partial charge in [-0.1, -0.05) is 95.7 Å². The number of hydrogen-bond acceptors (Lipinski definition) is 3. The van der Waals surface area contributed by atoms with E-state index in [0.29, 0.717) is 6.61 Å². The van der Waals surface area contributed by atoms with Crippen LogP contribution in [0.3, 0.4) is 0 Å². The second-order valence-corrected chi connectivity index (χ2v) is 12.3. The van der Waals surface area contributed by atoms with Gasteiger partial charge in [-0.05, 0) is 89.6 Å². The maximum atomic E-state index is 12.1. The Labute approximate surface area is 229 Å². The number of carboxylic acids is 1. The van der Waals surface area contributed by atoms with Crippen molar-refractivity contribution >= 4 is 5.97 Å². The highest BCUT2D eigenvalue weighted by molar-refractivity contribution is 5.83. The lowest BCUT2D eigenvalue weighted by Crippen LogP contribution is -2.39. The van der Waals surface area contributed by atoms with Crippen molar-refractivity contribution in [3.05, 3.63) is 83.5 Å². The lowest BCUT2D eigenvalue weighted by atomic mass is 9.63. The van der Waals surface area contributed by atoms with Gasteiger partial charge in [-0.15, -0.1) is 0 Å². The summed E-state index contributed by atoms with van der Waals surface area (Å²) in [5.74, 6) is -0.967. The summed E-state index contributed by atoms with van der Waals surface area (Å²) in [5, 5.41) is 13.3. The van der Waals surface area contributed by atoms with Crippen LogP contribution in [0.4, 0.5) is 0 Å². The number of rotatable bonds is 11. The predicted octanol–water partition coefficient (Wildman–Crippen LogP) is 7.53. The molecule has 204 valence electrons. The SMILES string of the molecule is CCCCNCCCOC1(C(=O)O)C=CC(c2cccc(-c3ccc4c(c3)C(C)(C)CCC4(C)C)c2)C=C1. The fraction of sp³-hybridized carbons (Fsp3) is 0.500. The largest absolute Gasteiger partial charge is 0.479 e. The van der Waals surface area contributed by atoms with Gasteiger partial charge in [-0.25, -0.2) is 4.79 Å². The van der Waals surface area contributed by atoms with Crippen LogP contribution >= 0.6 is 0 Å². The van der Waals surface area contributed by atoms with Crippen LogP contribution in [0.15, 0.2) is 66.8 Å². The molecule has 0 spiro atoms. The summed E-state index contributed by atoms with van der Waals surface area (Å²) in [5.41, 5.74) is 5.46. The van der Waals surface area contributed by atoms with Crippen molar-refractivity contribution < 1.29 is 14.6 Å². The van der Waals surface area contributed by atoms with E-state index in [-0.39, 0.29) is 16.7 Å². The van der Waals surface area contributed by atoms with Crippen molar-refractivity contribution in [1.29, 1.82) is 0 Å². The number of carboxylic acid groups (broad SMARTS) is 1. The zero-order chi connectivity index (χ0) is 27.4. The van der Waals surface area contributed by atoms with Crippen LogP contribution in [0.25, 0.3) is 11.1 Å². The van der Waals surface area contributed by atoms with Crippen molar-refractivity contribution in [2.24, 2.45) is 0 Å². The van der Waals surface area contributed by atoms with Crippen LogP contribution in [-0.4, -0.2) is 36.4 Å². The highest BCUT2D eigenvalue weighted by Crippen LogP contribution is 2.47. The molecule has 0 heterocycles. The first-order chi connectivity index (χ1) is 18.1. The zero-order valence-electron chi connectivity index (χ0n) is 23.8. The smallest absolute Gasteiger partial charge is 0.344 e. The van der Waals surface area contributed by atoms with Crippen molar-refractivity contribution in [1.82, 2.24) is 5.32 Å². The molecule has 0 saturated carbocycles. The summed E-state index contributed by atoms with van der Waals surface area (Å²) in [7, 11) is 0. The zero-order valence-corrected chi connectivity index (χ0v) is 23.8. The Morgan fingerprint density at radius 1 is 0.921 bits per heavy atom. The number of fused-ring (bicyclic) bond motifs is 1. The van der Waals surface area contributed by atoms with Crippen molar-refractivity contribution in [2.45, 2.75) is 89.1 Å². The molecule has 0 fully saturated rings. The monoisotopic (exact) mass is 515 g/mol. The third-order valence-electron chi connectivity index (χ3n) is 8.44. The summed E-state index contributed by atoms with van der Waals surface area (Å²) in [6.45, 7) is 13.8. The van der Waals surface area contributed by atoms with Crippen LogP contribution in [0.5, 0.6) is 0 Å². The van der Waals surface area contributed by atoms with Gasteiger partial charge in [0.2, 0.25) is 5.60 Å². The average molecular weight is 516 g/mol. The van der Waals surface area contributed by atoms with Gasteiger partial charge in [0.25, 0.3) is 0 Å². The number of ether oxygens (including phenoxy) is 1. The lowest BCUT2D eigenvalue weighted by Gasteiger charge is -2.42. The van der Waals surface area contributed by atoms with E-state index in [9.17, 15) is 9.90 Å². The molecular formula is C34H45NO3. The highest BCUT2D eigenvalue weighted by Gasteiger charge is 2.38. The molecule has 2 aliphatic carbocycles. The van der Waals surface area contributed by atoms with Crippen LogP contribution in [0, 0.1) is 0 Å². The number of unbranched alkanes of at least 4 members (excludes halogenated alkanes) is 1. The average Bonchev–Trinajstić information content (AvgIpc) is 2.91. The van der Waals surface area contributed by atoms with Gasteiger partial charge in [0, 0.05) is 5.92 Å². The molecule has 4 rings (SSSR count). The summed E-state index contributed by atoms with van der Waals surface area (Å²) in [6.07, 6.45) is 12.8. The van der Waals surface area contributed by atoms with E-state index >= 15 is 0 Å². The molecule has 2 N–H and O–H groups in total. The molecule has 2 aliphatic rings.